The van der Waals surface area contributed by atoms with Crippen molar-refractivity contribution in [2.45, 2.75) is 126 Å². The van der Waals surface area contributed by atoms with Crippen molar-refractivity contribution in [1.82, 2.24) is 39.9 Å². The van der Waals surface area contributed by atoms with Gasteiger partial charge in [0.1, 0.15) is 22.6 Å². The first-order valence-electron chi connectivity index (χ1n) is 28.7. The van der Waals surface area contributed by atoms with Crippen molar-refractivity contribution < 1.29 is 0 Å². The van der Waals surface area contributed by atoms with Crippen LogP contribution in [0.5, 0.6) is 0 Å². The number of aromatic amines is 2. The lowest BCUT2D eigenvalue weighted by atomic mass is 9.85. The van der Waals surface area contributed by atoms with E-state index in [1.807, 2.05) is 0 Å². The van der Waals surface area contributed by atoms with Crippen molar-refractivity contribution in [3.63, 3.8) is 0 Å². The number of nitrogens with one attached hydrogen (secondary N) is 2. The van der Waals surface area contributed by atoms with E-state index in [1.54, 1.807) is 0 Å². The number of fused-ring (bicyclic) bond motifs is 24. The van der Waals surface area contributed by atoms with Crippen LogP contribution in [0.25, 0.3) is 133 Å². The summed E-state index contributed by atoms with van der Waals surface area (Å²) in [6, 6.07) is 45.3. The average molecular weight is 987 g/mol. The van der Waals surface area contributed by atoms with Crippen LogP contribution in [-0.4, -0.2) is 39.9 Å². The van der Waals surface area contributed by atoms with Crippen LogP contribution in [0.1, 0.15) is 149 Å². The predicted octanol–water partition coefficient (Wildman–Crippen LogP) is 18.1. The van der Waals surface area contributed by atoms with Gasteiger partial charge in [0.25, 0.3) is 0 Å². The minimum absolute atomic E-state index is 0.394. The molecule has 6 aliphatic rings. The van der Waals surface area contributed by atoms with E-state index in [9.17, 15) is 0 Å². The smallest absolute Gasteiger partial charge is 0.165 e. The summed E-state index contributed by atoms with van der Waals surface area (Å²) in [4.78, 5) is 42.8. The van der Waals surface area contributed by atoms with Gasteiger partial charge >= 0.3 is 0 Å². The lowest BCUT2D eigenvalue weighted by molar-refractivity contribution is 0.731. The lowest BCUT2D eigenvalue weighted by Crippen LogP contribution is -1.99. The van der Waals surface area contributed by atoms with Gasteiger partial charge in [-0.05, 0) is 165 Å². The first-order valence-corrected chi connectivity index (χ1v) is 28.7. The summed E-state index contributed by atoms with van der Waals surface area (Å²) in [7, 11) is 0. The third-order valence-corrected chi connectivity index (χ3v) is 19.1. The Hall–Kier alpha value is -7.84. The highest BCUT2D eigenvalue weighted by atomic mass is 15.1. The molecule has 2 aliphatic heterocycles. The summed E-state index contributed by atoms with van der Waals surface area (Å²) in [6.45, 7) is 0. The summed E-state index contributed by atoms with van der Waals surface area (Å²) in [5, 5.41) is 14.5. The highest BCUT2D eigenvalue weighted by Crippen LogP contribution is 2.52. The van der Waals surface area contributed by atoms with E-state index in [1.165, 1.54) is 117 Å². The molecule has 76 heavy (non-hydrogen) atoms. The van der Waals surface area contributed by atoms with Gasteiger partial charge in [-0.1, -0.05) is 148 Å². The molecule has 5 heterocycles. The van der Waals surface area contributed by atoms with Gasteiger partial charge in [0.15, 0.2) is 23.3 Å². The molecule has 0 amide bonds. The van der Waals surface area contributed by atoms with Gasteiger partial charge in [0.05, 0.1) is 0 Å². The molecule has 4 aliphatic carbocycles. The number of hydrogen-bond donors (Lipinski definition) is 2. The van der Waals surface area contributed by atoms with E-state index in [2.05, 4.69) is 131 Å². The molecular weight excluding hydrogens is 929 g/mol. The Kier molecular flexibility index (Phi) is 9.61. The van der Waals surface area contributed by atoms with Crippen LogP contribution in [0.3, 0.4) is 0 Å². The van der Waals surface area contributed by atoms with Crippen molar-refractivity contribution in [2.75, 3.05) is 0 Å². The Morgan fingerprint density at radius 3 is 0.961 bits per heavy atom. The molecule has 0 unspecified atom stereocenters. The second-order valence-corrected chi connectivity index (χ2v) is 23.3. The summed E-state index contributed by atoms with van der Waals surface area (Å²) < 4.78 is 0. The number of benzene rings is 8. The van der Waals surface area contributed by atoms with Crippen LogP contribution in [0.15, 0.2) is 121 Å². The van der Waals surface area contributed by atoms with Crippen LogP contribution < -0.4 is 0 Å². The molecular formula is C68H58N8. The van der Waals surface area contributed by atoms with Crippen LogP contribution >= 0.6 is 0 Å². The van der Waals surface area contributed by atoms with Crippen LogP contribution in [-0.2, 0) is 0 Å². The molecule has 17 rings (SSSR count). The fourth-order valence-electron chi connectivity index (χ4n) is 15.8. The van der Waals surface area contributed by atoms with Crippen molar-refractivity contribution in [2.24, 2.45) is 0 Å². The largest absolute Gasteiger partial charge is 0.324 e. The highest BCUT2D eigenvalue weighted by molar-refractivity contribution is 6.16. The minimum atomic E-state index is 0.394. The maximum absolute atomic E-state index is 5.86. The fourth-order valence-corrected chi connectivity index (χ4v) is 15.8. The lowest BCUT2D eigenvalue weighted by Gasteiger charge is -2.18. The van der Waals surface area contributed by atoms with Gasteiger partial charge in [0, 0.05) is 43.8 Å². The molecule has 4 saturated carbocycles. The molecule has 3 aromatic heterocycles. The van der Waals surface area contributed by atoms with E-state index < -0.39 is 0 Å². The van der Waals surface area contributed by atoms with Crippen molar-refractivity contribution in [1.29, 1.82) is 0 Å². The Labute approximate surface area is 440 Å². The summed E-state index contributed by atoms with van der Waals surface area (Å²) in [5.41, 5.74) is 13.0. The monoisotopic (exact) mass is 986 g/mol. The Balaban J connectivity index is 1.10. The van der Waals surface area contributed by atoms with Gasteiger partial charge in [-0.3, -0.25) is 0 Å². The number of aromatic nitrogens is 8. The molecule has 8 bridgehead atoms. The molecule has 0 saturated heterocycles. The first-order chi connectivity index (χ1) is 37.7. The molecule has 0 radical (unpaired) electrons. The van der Waals surface area contributed by atoms with E-state index in [0.717, 1.165) is 118 Å². The molecule has 11 aromatic rings. The molecule has 8 nitrogen and oxygen atoms in total. The zero-order valence-electron chi connectivity index (χ0n) is 42.9. The highest BCUT2D eigenvalue weighted by Gasteiger charge is 2.34. The standard InChI is InChI=1S/C68H58N8/c1-2-18-37(17-1)53-45-29-13-9-25-41(45)33-49-57(53)65-69-61(49)74-66-59-51(35-43-27-11-15-31-47(43)55(59)39-21-5-6-22-39)63(71-66)76-68-60-52(36-44-28-12-16-32-48(44)56(60)40-23-7-8-24-40)64(72-68)75-67-58-50(62(70-67)73-65)34-42-26-10-14-30-46(42)54(58)38-19-3-4-20-38/h9-16,25-40H,1-8,17-24H2,(H2,69,70,71,72,73,74,75,76). The summed E-state index contributed by atoms with van der Waals surface area (Å²) in [5.74, 6) is 4.40. The van der Waals surface area contributed by atoms with Crippen LogP contribution in [0, 0.1) is 0 Å². The SMILES string of the molecule is c1ccc2c(C3CCCC3)c3c(cc2c1)-c1nc-3nc2[nH]c(nc3nc(nc4[nH]c(n1)c1c(C5CCCC5)c5ccccc5cc41)-c1c-3cc3ccccc3c1C1CCCC1)c1c(C3CCCC3)c3ccccc3cc21. The Morgan fingerprint density at radius 2 is 0.592 bits per heavy atom. The van der Waals surface area contributed by atoms with Crippen LogP contribution in [0.2, 0.25) is 0 Å². The Bertz CT molecular complexity index is 4180. The third-order valence-electron chi connectivity index (χ3n) is 19.1. The zero-order chi connectivity index (χ0) is 49.6. The molecule has 0 spiro atoms. The van der Waals surface area contributed by atoms with Gasteiger partial charge in [-0.15, -0.1) is 0 Å². The van der Waals surface area contributed by atoms with E-state index >= 15 is 0 Å². The van der Waals surface area contributed by atoms with Gasteiger partial charge in [-0.25, -0.2) is 29.9 Å². The second kappa shape index (κ2) is 16.8. The predicted molar refractivity (Wildman–Crippen MR) is 311 cm³/mol. The van der Waals surface area contributed by atoms with Gasteiger partial charge in [0.2, 0.25) is 0 Å². The number of nitrogens with zero attached hydrogens (tertiary/aromatic N) is 6. The van der Waals surface area contributed by atoms with Gasteiger partial charge < -0.3 is 9.97 Å². The zero-order valence-corrected chi connectivity index (χ0v) is 42.9. The van der Waals surface area contributed by atoms with E-state index in [4.69, 9.17) is 29.9 Å². The number of rotatable bonds is 4. The summed E-state index contributed by atoms with van der Waals surface area (Å²) in [6.07, 6.45) is 19.0. The van der Waals surface area contributed by atoms with Crippen molar-refractivity contribution in [3.8, 4) is 45.6 Å². The van der Waals surface area contributed by atoms with Crippen LogP contribution in [0.4, 0.5) is 0 Å². The second-order valence-electron chi connectivity index (χ2n) is 23.3. The first kappa shape index (κ1) is 43.4. The molecule has 370 valence electrons. The van der Waals surface area contributed by atoms with Crippen molar-refractivity contribution in [3.05, 3.63) is 144 Å². The fraction of sp³-hybridized carbons (Fsp3) is 0.294. The number of H-pyrrole nitrogens is 2. The van der Waals surface area contributed by atoms with E-state index in [-0.39, 0.29) is 0 Å². The van der Waals surface area contributed by atoms with E-state index in [0.29, 0.717) is 47.0 Å². The molecule has 0 atom stereocenters. The Morgan fingerprint density at radius 1 is 0.289 bits per heavy atom. The van der Waals surface area contributed by atoms with Gasteiger partial charge in [-0.2, -0.15) is 0 Å². The van der Waals surface area contributed by atoms with Crippen molar-refractivity contribution >= 4 is 87.2 Å². The molecule has 4 fully saturated rings. The maximum atomic E-state index is 5.86. The maximum Gasteiger partial charge on any atom is 0.165 e. The molecule has 2 N–H and O–H groups in total. The topological polar surface area (TPSA) is 109 Å². The summed E-state index contributed by atoms with van der Waals surface area (Å²) >= 11 is 0. The normalized spacial score (nSPS) is 17.5. The molecule has 8 heteroatoms. The molecule has 8 aromatic carbocycles. The third kappa shape index (κ3) is 6.48. The quantitative estimate of drug-likeness (QED) is 0.182. The minimum Gasteiger partial charge on any atom is -0.324 e. The number of hydrogen-bond acceptors (Lipinski definition) is 6. The average Bonchev–Trinajstić information content (AvgIpc) is 4.47.